The number of thiol groups is 1. The predicted octanol–water partition coefficient (Wildman–Crippen LogP) is -1.45. The number of aromatic amines is 1. The van der Waals surface area contributed by atoms with Gasteiger partial charge in [-0.15, -0.1) is 0 Å². The summed E-state index contributed by atoms with van der Waals surface area (Å²) in [4.78, 5) is 34.2. The molecule has 2 fully saturated rings. The zero-order chi connectivity index (χ0) is 31.2. The number of aliphatic hydroxyl groups excluding tert-OH is 3. The predicted molar refractivity (Wildman–Crippen MR) is 150 cm³/mol. The second-order valence-electron chi connectivity index (χ2n) is 9.44. The topological polar surface area (TPSA) is 273 Å². The molecule has 0 aliphatic carbocycles. The summed E-state index contributed by atoms with van der Waals surface area (Å²) in [5, 5.41) is 31.0. The Hall–Kier alpha value is -3.27. The third kappa shape index (κ3) is 5.70. The molecule has 43 heavy (non-hydrogen) atoms. The van der Waals surface area contributed by atoms with Gasteiger partial charge in [-0.2, -0.15) is 4.98 Å². The van der Waals surface area contributed by atoms with Crippen LogP contribution in [0.15, 0.2) is 27.4 Å². The molecule has 0 saturated carbocycles. The van der Waals surface area contributed by atoms with Crippen LogP contribution in [0.2, 0.25) is 0 Å². The van der Waals surface area contributed by atoms with Crippen molar-refractivity contribution in [3.05, 3.63) is 28.7 Å². The van der Waals surface area contributed by atoms with E-state index in [2.05, 4.69) is 48.9 Å². The minimum atomic E-state index is -4.42. The van der Waals surface area contributed by atoms with E-state index in [9.17, 15) is 24.7 Å². The maximum atomic E-state index is 15.2. The molecular formula is C21H28FN10O9PS. The molecule has 3 aromatic rings. The van der Waals surface area contributed by atoms with Gasteiger partial charge in [0.25, 0.3) is 5.56 Å². The normalized spacial score (nSPS) is 31.1. The number of nitrogens with one attached hydrogen (secondary N) is 1. The first-order valence-electron chi connectivity index (χ1n) is 12.5. The molecule has 0 radical (unpaired) electrons. The summed E-state index contributed by atoms with van der Waals surface area (Å²) in [7, 11) is 1.43. The van der Waals surface area contributed by atoms with E-state index in [1.807, 2.05) is 0 Å². The number of amidine groups is 1. The van der Waals surface area contributed by atoms with Crippen LogP contribution in [0.25, 0.3) is 11.2 Å². The Kier molecular flexibility index (Phi) is 8.71. The number of aromatic nitrogens is 6. The van der Waals surface area contributed by atoms with Gasteiger partial charge in [0.1, 0.15) is 42.0 Å². The van der Waals surface area contributed by atoms with Crippen molar-refractivity contribution in [1.82, 2.24) is 29.1 Å². The van der Waals surface area contributed by atoms with Gasteiger partial charge in [0, 0.05) is 7.05 Å². The van der Waals surface area contributed by atoms with Crippen LogP contribution in [-0.2, 0) is 23.1 Å². The number of anilines is 1. The molecule has 3 aromatic heterocycles. The zero-order valence-electron chi connectivity index (χ0n) is 22.2. The highest BCUT2D eigenvalue weighted by Crippen LogP contribution is 2.57. The molecule has 22 heteroatoms. The maximum Gasteiger partial charge on any atom is 0.386 e. The van der Waals surface area contributed by atoms with E-state index in [1.54, 1.807) is 0 Å². The minimum absolute atomic E-state index is 0.0118. The van der Waals surface area contributed by atoms with Crippen molar-refractivity contribution in [3.8, 4) is 0 Å². The number of nitrogens with two attached hydrogens (primary N) is 2. The number of fused-ring (bicyclic) bond motifs is 1. The van der Waals surface area contributed by atoms with Gasteiger partial charge in [0.05, 0.1) is 25.9 Å². The average Bonchev–Trinajstić information content (AvgIpc) is 3.72. The first kappa shape index (κ1) is 31.2. The molecular weight excluding hydrogens is 618 g/mol. The molecule has 0 bridgehead atoms. The molecule has 5 heterocycles. The van der Waals surface area contributed by atoms with Gasteiger partial charge in [0.2, 0.25) is 5.95 Å². The smallest absolute Gasteiger partial charge is 0.386 e. The summed E-state index contributed by atoms with van der Waals surface area (Å²) in [6.07, 6.45) is -9.84. The highest BCUT2D eigenvalue weighted by atomic mass is 32.7. The van der Waals surface area contributed by atoms with Crippen molar-refractivity contribution in [1.29, 1.82) is 0 Å². The van der Waals surface area contributed by atoms with E-state index in [-0.39, 0.29) is 34.5 Å². The summed E-state index contributed by atoms with van der Waals surface area (Å²) in [5.41, 5.74) is 10.8. The molecule has 2 aliphatic rings. The highest BCUT2D eigenvalue weighted by Gasteiger charge is 2.50. The van der Waals surface area contributed by atoms with Crippen LogP contribution in [0.1, 0.15) is 18.1 Å². The molecule has 2 saturated heterocycles. The van der Waals surface area contributed by atoms with Crippen molar-refractivity contribution in [3.63, 3.8) is 0 Å². The van der Waals surface area contributed by atoms with Crippen LogP contribution < -0.4 is 17.0 Å². The van der Waals surface area contributed by atoms with Crippen LogP contribution in [0.4, 0.5) is 16.2 Å². The molecule has 0 amide bonds. The number of aliphatic hydroxyl groups is 3. The van der Waals surface area contributed by atoms with Gasteiger partial charge in [-0.05, 0) is 6.72 Å². The third-order valence-electron chi connectivity index (χ3n) is 6.84. The summed E-state index contributed by atoms with van der Waals surface area (Å²) in [5.74, 6) is -0.183. The molecule has 0 spiro atoms. The fourth-order valence-electron chi connectivity index (χ4n) is 4.74. The number of imidazole rings is 2. The van der Waals surface area contributed by atoms with E-state index in [0.29, 0.717) is 0 Å². The van der Waals surface area contributed by atoms with Crippen molar-refractivity contribution in [2.24, 2.45) is 15.7 Å². The molecule has 4 unspecified atom stereocenters. The fraction of sp³-hybridized carbons (Fsp3) is 0.524. The van der Waals surface area contributed by atoms with Crippen LogP contribution in [0.3, 0.4) is 0 Å². The quantitative estimate of drug-likeness (QED) is 0.0575. The van der Waals surface area contributed by atoms with E-state index >= 15 is 4.39 Å². The lowest BCUT2D eigenvalue weighted by Gasteiger charge is -2.25. The summed E-state index contributed by atoms with van der Waals surface area (Å²) in [6, 6.07) is 0. The van der Waals surface area contributed by atoms with E-state index in [4.69, 9.17) is 30.0 Å². The van der Waals surface area contributed by atoms with Crippen LogP contribution >= 0.6 is 19.0 Å². The number of nitrogen functional groups attached to an aromatic ring is 1. The van der Waals surface area contributed by atoms with E-state index in [0.717, 1.165) is 10.9 Å². The number of aliphatic imine (C=N–C) groups is 2. The van der Waals surface area contributed by atoms with Crippen molar-refractivity contribution in [2.75, 3.05) is 26.0 Å². The van der Waals surface area contributed by atoms with Crippen molar-refractivity contribution in [2.45, 2.75) is 49.1 Å². The van der Waals surface area contributed by atoms with Gasteiger partial charge < -0.3 is 36.3 Å². The lowest BCUT2D eigenvalue weighted by molar-refractivity contribution is -0.0536. The second kappa shape index (κ2) is 12.0. The second-order valence-corrected chi connectivity index (χ2v) is 12.3. The third-order valence-corrected chi connectivity index (χ3v) is 8.46. The Morgan fingerprint density at radius 3 is 2.63 bits per heavy atom. The van der Waals surface area contributed by atoms with E-state index < -0.39 is 74.7 Å². The van der Waals surface area contributed by atoms with Gasteiger partial charge >= 0.3 is 6.80 Å². The summed E-state index contributed by atoms with van der Waals surface area (Å²) >= 11 is 3.96. The van der Waals surface area contributed by atoms with Crippen LogP contribution in [0, 0.1) is 0 Å². The average molecular weight is 647 g/mol. The molecule has 0 aromatic carbocycles. The first-order valence-corrected chi connectivity index (χ1v) is 15.2. The standard InChI is InChI=1S/C21H28FN10O9PS/c1-25-15(23)10-16(26-2)31(5-27-10)19-9(22)12(34)8(40-19)4-38-42(37,43)41-14-13(35)7(3-33)39-20(14)32-6-28-11-17(32)29-21(24)30-18(11)36/h5-9,12-14,19-20,33-35H,2-4H2,1H3,(H2,23,25)(H,37,43)(H3,24,29,30,36)/t7-,8-,9?,12?,13?,14?,19-,20-,42-/m1/s1. The summed E-state index contributed by atoms with van der Waals surface area (Å²) in [6.45, 7) is -2.32. The van der Waals surface area contributed by atoms with E-state index in [1.165, 1.54) is 17.9 Å². The molecule has 2 aliphatic heterocycles. The Balaban J connectivity index is 1.32. The minimum Gasteiger partial charge on any atom is -0.394 e. The SMILES string of the molecule is C=Nc1c(/C(N)=N\C)ncn1[C@@H]1O[C@H](CO[P@@](=O)(S)OC2C(O)[C@@H](CO)O[C@H]2n2cnc3c(=O)[nH]c(N)nc32)C(O)C1F. The van der Waals surface area contributed by atoms with Gasteiger partial charge in [-0.3, -0.25) is 33.0 Å². The molecule has 9 atom stereocenters. The Labute approximate surface area is 246 Å². The van der Waals surface area contributed by atoms with Gasteiger partial charge in [-0.25, -0.2) is 23.9 Å². The number of rotatable bonds is 10. The monoisotopic (exact) mass is 646 g/mol. The molecule has 5 rings (SSSR count). The lowest BCUT2D eigenvalue weighted by Crippen LogP contribution is -2.35. The Bertz CT molecular complexity index is 1650. The first-order chi connectivity index (χ1) is 20.4. The maximum absolute atomic E-state index is 15.2. The lowest BCUT2D eigenvalue weighted by atomic mass is 10.1. The van der Waals surface area contributed by atoms with Crippen LogP contribution in [-0.4, -0.2) is 114 Å². The van der Waals surface area contributed by atoms with Gasteiger partial charge in [0.15, 0.2) is 35.6 Å². The Morgan fingerprint density at radius 2 is 1.95 bits per heavy atom. The van der Waals surface area contributed by atoms with Crippen molar-refractivity contribution >= 4 is 54.5 Å². The zero-order valence-corrected chi connectivity index (χ0v) is 24.0. The van der Waals surface area contributed by atoms with Gasteiger partial charge in [-0.1, -0.05) is 12.2 Å². The molecule has 234 valence electrons. The number of nitrogens with zero attached hydrogens (tertiary/aromatic N) is 7. The number of H-pyrrole nitrogens is 1. The fourth-order valence-corrected chi connectivity index (χ4v) is 6.20. The highest BCUT2D eigenvalue weighted by molar-refractivity contribution is 8.44. The van der Waals surface area contributed by atoms with Crippen molar-refractivity contribution < 1.29 is 42.8 Å². The molecule has 8 N–H and O–H groups in total. The number of alkyl halides is 1. The number of hydrogen-bond acceptors (Lipinski definition) is 15. The number of halogens is 1. The number of ether oxygens (including phenoxy) is 2. The molecule has 19 nitrogen and oxygen atoms in total. The largest absolute Gasteiger partial charge is 0.394 e. The summed E-state index contributed by atoms with van der Waals surface area (Å²) < 4.78 is 52.9. The van der Waals surface area contributed by atoms with Crippen LogP contribution in [0.5, 0.6) is 0 Å². The number of hydrogen-bond donors (Lipinski definition) is 7. The Morgan fingerprint density at radius 1 is 1.26 bits per heavy atom.